The second-order valence-electron chi connectivity index (χ2n) is 6.61. The average Bonchev–Trinajstić information content (AvgIpc) is 2.96. The number of aromatic nitrogens is 1. The Kier molecular flexibility index (Phi) is 4.09. The van der Waals surface area contributed by atoms with E-state index in [0.29, 0.717) is 0 Å². The standard InChI is InChI=1S/C19H21N3S/c1-19(2,3)14-6-10-16(11-7-14)21-18-22-17(12-23-18)13-4-8-15(20)9-5-13/h4-12H,20H2,1-3H3,(H,21,22). The van der Waals surface area contributed by atoms with Crippen molar-refractivity contribution in [2.45, 2.75) is 26.2 Å². The van der Waals surface area contributed by atoms with Crippen molar-refractivity contribution in [1.82, 2.24) is 4.98 Å². The van der Waals surface area contributed by atoms with Crippen LogP contribution in [0.3, 0.4) is 0 Å². The van der Waals surface area contributed by atoms with Gasteiger partial charge in [0.2, 0.25) is 0 Å². The average molecular weight is 323 g/mol. The van der Waals surface area contributed by atoms with Crippen LogP contribution in [0.25, 0.3) is 11.3 Å². The van der Waals surface area contributed by atoms with E-state index < -0.39 is 0 Å². The second-order valence-corrected chi connectivity index (χ2v) is 7.47. The number of hydrogen-bond acceptors (Lipinski definition) is 4. The van der Waals surface area contributed by atoms with Gasteiger partial charge in [0.25, 0.3) is 0 Å². The Morgan fingerprint density at radius 1 is 0.957 bits per heavy atom. The number of benzene rings is 2. The lowest BCUT2D eigenvalue weighted by Crippen LogP contribution is -2.10. The largest absolute Gasteiger partial charge is 0.399 e. The van der Waals surface area contributed by atoms with E-state index in [2.05, 4.69) is 60.7 Å². The fourth-order valence-corrected chi connectivity index (χ4v) is 3.03. The van der Waals surface area contributed by atoms with Crippen LogP contribution in [-0.4, -0.2) is 4.98 Å². The second kappa shape index (κ2) is 6.05. The molecule has 3 nitrogen and oxygen atoms in total. The predicted molar refractivity (Wildman–Crippen MR) is 100 cm³/mol. The molecule has 0 radical (unpaired) electrons. The van der Waals surface area contributed by atoms with Crippen LogP contribution in [0.2, 0.25) is 0 Å². The van der Waals surface area contributed by atoms with Gasteiger partial charge in [-0.2, -0.15) is 0 Å². The Morgan fingerprint density at radius 3 is 2.22 bits per heavy atom. The molecule has 3 N–H and O–H groups in total. The van der Waals surface area contributed by atoms with Gasteiger partial charge >= 0.3 is 0 Å². The minimum Gasteiger partial charge on any atom is -0.399 e. The van der Waals surface area contributed by atoms with Crippen LogP contribution in [0.1, 0.15) is 26.3 Å². The third-order valence-electron chi connectivity index (χ3n) is 3.71. The molecule has 0 amide bonds. The molecule has 4 heteroatoms. The predicted octanol–water partition coefficient (Wildman–Crippen LogP) is 5.43. The van der Waals surface area contributed by atoms with Crippen molar-refractivity contribution in [3.05, 3.63) is 59.5 Å². The summed E-state index contributed by atoms with van der Waals surface area (Å²) in [6.45, 7) is 6.65. The molecule has 3 aromatic rings. The quantitative estimate of drug-likeness (QED) is 0.632. The lowest BCUT2D eigenvalue weighted by molar-refractivity contribution is 0.590. The summed E-state index contributed by atoms with van der Waals surface area (Å²) in [6.07, 6.45) is 0. The van der Waals surface area contributed by atoms with Crippen LogP contribution in [0.4, 0.5) is 16.5 Å². The van der Waals surface area contributed by atoms with Crippen LogP contribution >= 0.6 is 11.3 Å². The van der Waals surface area contributed by atoms with E-state index in [9.17, 15) is 0 Å². The van der Waals surface area contributed by atoms with Crippen LogP contribution in [-0.2, 0) is 5.41 Å². The Balaban J connectivity index is 1.75. The van der Waals surface area contributed by atoms with E-state index in [0.717, 1.165) is 27.8 Å². The minimum atomic E-state index is 0.169. The number of rotatable bonds is 3. The highest BCUT2D eigenvalue weighted by atomic mass is 32.1. The van der Waals surface area contributed by atoms with Crippen LogP contribution in [0.15, 0.2) is 53.9 Å². The molecule has 0 bridgehead atoms. The molecule has 23 heavy (non-hydrogen) atoms. The molecule has 0 aliphatic carbocycles. The highest BCUT2D eigenvalue weighted by Gasteiger charge is 2.13. The monoisotopic (exact) mass is 323 g/mol. The van der Waals surface area contributed by atoms with E-state index in [-0.39, 0.29) is 5.41 Å². The number of nitrogens with zero attached hydrogens (tertiary/aromatic N) is 1. The zero-order valence-electron chi connectivity index (χ0n) is 13.6. The third kappa shape index (κ3) is 3.71. The number of nitrogen functional groups attached to an aromatic ring is 1. The summed E-state index contributed by atoms with van der Waals surface area (Å²) in [7, 11) is 0. The number of hydrogen-bond donors (Lipinski definition) is 2. The SMILES string of the molecule is CC(C)(C)c1ccc(Nc2nc(-c3ccc(N)cc3)cs2)cc1. The van der Waals surface area contributed by atoms with Crippen molar-refractivity contribution in [3.8, 4) is 11.3 Å². The Labute approximate surface area is 141 Å². The van der Waals surface area contributed by atoms with Gasteiger partial charge in [0.05, 0.1) is 5.69 Å². The van der Waals surface area contributed by atoms with E-state index in [1.807, 2.05) is 24.3 Å². The lowest BCUT2D eigenvalue weighted by Gasteiger charge is -2.19. The van der Waals surface area contributed by atoms with Gasteiger partial charge in [-0.1, -0.05) is 45.0 Å². The molecule has 2 aromatic carbocycles. The molecule has 0 fully saturated rings. The van der Waals surface area contributed by atoms with E-state index in [1.165, 1.54) is 5.56 Å². The highest BCUT2D eigenvalue weighted by molar-refractivity contribution is 7.14. The molecule has 0 spiro atoms. The molecule has 118 valence electrons. The molecular formula is C19H21N3S. The third-order valence-corrected chi connectivity index (χ3v) is 4.47. The first kappa shape index (κ1) is 15.6. The number of thiazole rings is 1. The first-order valence-corrected chi connectivity index (χ1v) is 8.49. The van der Waals surface area contributed by atoms with Crippen molar-refractivity contribution in [1.29, 1.82) is 0 Å². The van der Waals surface area contributed by atoms with Gasteiger partial charge in [-0.25, -0.2) is 4.98 Å². The summed E-state index contributed by atoms with van der Waals surface area (Å²) in [5, 5.41) is 6.31. The maximum absolute atomic E-state index is 5.72. The summed E-state index contributed by atoms with van der Waals surface area (Å²) in [6, 6.07) is 16.3. The molecule has 0 saturated heterocycles. The van der Waals surface area contributed by atoms with Gasteiger partial charge in [-0.3, -0.25) is 0 Å². The normalized spacial score (nSPS) is 11.4. The lowest BCUT2D eigenvalue weighted by atomic mass is 9.87. The molecular weight excluding hydrogens is 302 g/mol. The molecule has 1 aromatic heterocycles. The van der Waals surface area contributed by atoms with Crippen LogP contribution in [0, 0.1) is 0 Å². The zero-order chi connectivity index (χ0) is 16.4. The Morgan fingerprint density at radius 2 is 1.61 bits per heavy atom. The van der Waals surface area contributed by atoms with Gasteiger partial charge in [0, 0.05) is 22.3 Å². The highest BCUT2D eigenvalue weighted by Crippen LogP contribution is 2.29. The fourth-order valence-electron chi connectivity index (χ4n) is 2.29. The first-order valence-electron chi connectivity index (χ1n) is 7.61. The summed E-state index contributed by atoms with van der Waals surface area (Å²) < 4.78 is 0. The Bertz CT molecular complexity index is 781. The number of nitrogens with two attached hydrogens (primary N) is 1. The van der Waals surface area contributed by atoms with E-state index in [1.54, 1.807) is 11.3 Å². The van der Waals surface area contributed by atoms with Crippen molar-refractivity contribution < 1.29 is 0 Å². The number of anilines is 3. The maximum atomic E-state index is 5.72. The van der Waals surface area contributed by atoms with Gasteiger partial charge in [0.1, 0.15) is 0 Å². The maximum Gasteiger partial charge on any atom is 0.187 e. The van der Waals surface area contributed by atoms with Crippen LogP contribution in [0.5, 0.6) is 0 Å². The van der Waals surface area contributed by atoms with E-state index in [4.69, 9.17) is 5.73 Å². The smallest absolute Gasteiger partial charge is 0.187 e. The summed E-state index contributed by atoms with van der Waals surface area (Å²) >= 11 is 1.60. The van der Waals surface area contributed by atoms with Crippen molar-refractivity contribution in [2.75, 3.05) is 11.1 Å². The molecule has 3 rings (SSSR count). The summed E-state index contributed by atoms with van der Waals surface area (Å²) in [5.74, 6) is 0. The molecule has 0 aliphatic heterocycles. The first-order chi connectivity index (χ1) is 10.9. The van der Waals surface area contributed by atoms with Crippen molar-refractivity contribution in [2.24, 2.45) is 0 Å². The zero-order valence-corrected chi connectivity index (χ0v) is 14.4. The molecule has 1 heterocycles. The van der Waals surface area contributed by atoms with Gasteiger partial charge in [0.15, 0.2) is 5.13 Å². The van der Waals surface area contributed by atoms with Gasteiger partial charge < -0.3 is 11.1 Å². The minimum absolute atomic E-state index is 0.169. The summed E-state index contributed by atoms with van der Waals surface area (Å²) in [4.78, 5) is 4.64. The molecule has 0 aliphatic rings. The van der Waals surface area contributed by atoms with Crippen molar-refractivity contribution in [3.63, 3.8) is 0 Å². The van der Waals surface area contributed by atoms with Gasteiger partial charge in [-0.05, 0) is 35.2 Å². The fraction of sp³-hybridized carbons (Fsp3) is 0.211. The topological polar surface area (TPSA) is 50.9 Å². The Hall–Kier alpha value is -2.33. The molecule has 0 atom stereocenters. The van der Waals surface area contributed by atoms with E-state index >= 15 is 0 Å². The number of nitrogens with one attached hydrogen (secondary N) is 1. The van der Waals surface area contributed by atoms with Crippen molar-refractivity contribution >= 4 is 27.8 Å². The van der Waals surface area contributed by atoms with Gasteiger partial charge in [-0.15, -0.1) is 11.3 Å². The van der Waals surface area contributed by atoms with Crippen LogP contribution < -0.4 is 11.1 Å². The molecule has 0 unspecified atom stereocenters. The molecule has 0 saturated carbocycles. The summed E-state index contributed by atoms with van der Waals surface area (Å²) in [5.41, 5.74) is 11.1.